The second-order valence-electron chi connectivity index (χ2n) is 12.7. The van der Waals surface area contributed by atoms with Gasteiger partial charge in [0, 0.05) is 25.0 Å². The average Bonchev–Trinajstić information content (AvgIpc) is 3.05. The van der Waals surface area contributed by atoms with Crippen LogP contribution in [-0.4, -0.2) is 60.7 Å². The summed E-state index contributed by atoms with van der Waals surface area (Å²) in [4.78, 5) is 14.8. The molecule has 0 spiro atoms. The third kappa shape index (κ3) is 9.38. The lowest BCUT2D eigenvalue weighted by molar-refractivity contribution is -0.0600. The quantitative estimate of drug-likeness (QED) is 0.172. The fourth-order valence-electron chi connectivity index (χ4n) is 5.84. The van der Waals surface area contributed by atoms with Crippen molar-refractivity contribution in [1.29, 1.82) is 0 Å². The van der Waals surface area contributed by atoms with Crippen LogP contribution in [0.4, 0.5) is 4.79 Å². The number of amides is 1. The zero-order valence-corrected chi connectivity index (χ0v) is 26.6. The van der Waals surface area contributed by atoms with Gasteiger partial charge in [0.2, 0.25) is 0 Å². The molecule has 1 fully saturated rings. The molecule has 4 aromatic carbocycles. The normalized spacial score (nSPS) is 18.7. The molecule has 1 aliphatic rings. The van der Waals surface area contributed by atoms with E-state index < -0.39 is 5.60 Å². The molecule has 4 aromatic rings. The highest BCUT2D eigenvalue weighted by molar-refractivity contribution is 5.82. The topological polar surface area (TPSA) is 77.5 Å². The lowest BCUT2D eigenvalue weighted by Gasteiger charge is -2.43. The Hall–Kier alpha value is -3.75. The van der Waals surface area contributed by atoms with Crippen LogP contribution in [0.3, 0.4) is 0 Å². The van der Waals surface area contributed by atoms with E-state index in [0.717, 1.165) is 27.6 Å². The molecule has 3 atom stereocenters. The van der Waals surface area contributed by atoms with Gasteiger partial charge < -0.3 is 29.0 Å². The van der Waals surface area contributed by atoms with Crippen LogP contribution in [-0.2, 0) is 38.8 Å². The van der Waals surface area contributed by atoms with Gasteiger partial charge in [-0.15, -0.1) is 0 Å². The summed E-state index contributed by atoms with van der Waals surface area (Å²) in [6, 6.07) is 33.0. The van der Waals surface area contributed by atoms with Crippen molar-refractivity contribution in [3.05, 3.63) is 119 Å². The number of likely N-dealkylation sites (tertiary alicyclic amines) is 1. The highest BCUT2D eigenvalue weighted by Crippen LogP contribution is 2.36. The van der Waals surface area contributed by atoms with Gasteiger partial charge in [-0.05, 0) is 59.9 Å². The van der Waals surface area contributed by atoms with Gasteiger partial charge in [-0.1, -0.05) is 91.0 Å². The Labute approximate surface area is 266 Å². The summed E-state index contributed by atoms with van der Waals surface area (Å²) < 4.78 is 23.9. The zero-order chi connectivity index (χ0) is 31.6. The number of hydrogen-bond donors (Lipinski definition) is 1. The maximum Gasteiger partial charge on any atom is 0.410 e. The number of aliphatic hydroxyl groups excluding tert-OH is 1. The van der Waals surface area contributed by atoms with Crippen LogP contribution in [0.5, 0.6) is 0 Å². The molecule has 0 saturated carbocycles. The van der Waals surface area contributed by atoms with Crippen LogP contribution < -0.4 is 0 Å². The third-order valence-electron chi connectivity index (χ3n) is 8.04. The van der Waals surface area contributed by atoms with Crippen molar-refractivity contribution in [3.63, 3.8) is 0 Å². The summed E-state index contributed by atoms with van der Waals surface area (Å²) in [5, 5.41) is 12.9. The Morgan fingerprint density at radius 3 is 2.04 bits per heavy atom. The monoisotopic (exact) mass is 611 g/mol. The summed E-state index contributed by atoms with van der Waals surface area (Å²) in [6.45, 7) is 8.75. The van der Waals surface area contributed by atoms with E-state index in [-0.39, 0.29) is 30.6 Å². The van der Waals surface area contributed by atoms with Gasteiger partial charge in [0.25, 0.3) is 0 Å². The summed E-state index contributed by atoms with van der Waals surface area (Å²) >= 11 is 0. The Balaban J connectivity index is 1.24. The predicted octanol–water partition coefficient (Wildman–Crippen LogP) is 7.10. The molecule has 45 heavy (non-hydrogen) atoms. The number of fused-ring (bicyclic) bond motifs is 1. The van der Waals surface area contributed by atoms with Crippen molar-refractivity contribution < 1.29 is 28.8 Å². The molecule has 0 bridgehead atoms. The van der Waals surface area contributed by atoms with E-state index in [2.05, 4.69) is 54.6 Å². The fourth-order valence-corrected chi connectivity index (χ4v) is 5.84. The van der Waals surface area contributed by atoms with E-state index in [0.29, 0.717) is 46.1 Å². The molecule has 1 heterocycles. The van der Waals surface area contributed by atoms with Crippen LogP contribution in [0.15, 0.2) is 97.1 Å². The zero-order valence-electron chi connectivity index (χ0n) is 26.6. The van der Waals surface area contributed by atoms with Gasteiger partial charge in [0.1, 0.15) is 5.60 Å². The average molecular weight is 612 g/mol. The van der Waals surface area contributed by atoms with E-state index >= 15 is 0 Å². The number of ether oxygens (including phenoxy) is 4. The number of piperidine rings is 1. The van der Waals surface area contributed by atoms with Crippen molar-refractivity contribution in [2.24, 2.45) is 5.92 Å². The van der Waals surface area contributed by atoms with Gasteiger partial charge in [-0.2, -0.15) is 0 Å². The molecule has 0 aliphatic carbocycles. The second-order valence-corrected chi connectivity index (χ2v) is 12.7. The first-order valence-corrected chi connectivity index (χ1v) is 15.8. The summed E-state index contributed by atoms with van der Waals surface area (Å²) in [5.41, 5.74) is 3.71. The number of carbonyl (C=O) groups excluding carboxylic acids is 1. The van der Waals surface area contributed by atoms with E-state index in [9.17, 15) is 9.90 Å². The molecular formula is C38H45NO6. The molecular weight excluding hydrogens is 566 g/mol. The summed E-state index contributed by atoms with van der Waals surface area (Å²) in [6.07, 6.45) is -0.724. The summed E-state index contributed by atoms with van der Waals surface area (Å²) in [7, 11) is 0. The number of benzene rings is 4. The molecule has 1 amide bonds. The first-order chi connectivity index (χ1) is 21.8. The van der Waals surface area contributed by atoms with E-state index in [1.807, 2.05) is 63.2 Å². The Morgan fingerprint density at radius 2 is 1.38 bits per heavy atom. The van der Waals surface area contributed by atoms with Gasteiger partial charge in [-0.25, -0.2) is 4.79 Å². The first-order valence-electron chi connectivity index (χ1n) is 15.8. The largest absolute Gasteiger partial charge is 0.444 e. The molecule has 1 N–H and O–H groups in total. The van der Waals surface area contributed by atoms with Crippen molar-refractivity contribution >= 4 is 16.9 Å². The second kappa shape index (κ2) is 15.5. The van der Waals surface area contributed by atoms with Crippen LogP contribution in [0, 0.1) is 5.92 Å². The predicted molar refractivity (Wildman–Crippen MR) is 176 cm³/mol. The Kier molecular flexibility index (Phi) is 11.2. The van der Waals surface area contributed by atoms with E-state index in [1.54, 1.807) is 4.90 Å². The number of nitrogens with zero attached hydrogens (tertiary/aromatic N) is 1. The maximum absolute atomic E-state index is 13.1. The van der Waals surface area contributed by atoms with Crippen LogP contribution in [0.25, 0.3) is 10.8 Å². The first kappa shape index (κ1) is 32.6. The number of aliphatic hydroxyl groups is 1. The van der Waals surface area contributed by atoms with Gasteiger partial charge in [0.15, 0.2) is 0 Å². The molecule has 3 unspecified atom stereocenters. The van der Waals surface area contributed by atoms with Crippen LogP contribution >= 0.6 is 0 Å². The third-order valence-corrected chi connectivity index (χ3v) is 8.04. The highest BCUT2D eigenvalue weighted by Gasteiger charge is 2.41. The van der Waals surface area contributed by atoms with Crippen molar-refractivity contribution in [2.45, 2.75) is 58.2 Å². The fraction of sp³-hybridized carbons (Fsp3) is 0.395. The molecule has 7 nitrogen and oxygen atoms in total. The molecule has 5 rings (SSSR count). The maximum atomic E-state index is 13.1. The SMILES string of the molecule is CC(C)(C)OC(=O)N1CC(CO)C(c2ccc(COCCOCc3ccccc3)cc2)C(OCc2ccc3ccccc3c2)C1. The highest BCUT2D eigenvalue weighted by atomic mass is 16.6. The van der Waals surface area contributed by atoms with Gasteiger partial charge in [-0.3, -0.25) is 0 Å². The molecule has 1 saturated heterocycles. The minimum absolute atomic E-state index is 0.0758. The summed E-state index contributed by atoms with van der Waals surface area (Å²) in [5.74, 6) is -0.313. The van der Waals surface area contributed by atoms with Crippen molar-refractivity contribution in [3.8, 4) is 0 Å². The van der Waals surface area contributed by atoms with Gasteiger partial charge >= 0.3 is 6.09 Å². The lowest BCUT2D eigenvalue weighted by Crippen LogP contribution is -2.53. The van der Waals surface area contributed by atoms with Crippen molar-refractivity contribution in [1.82, 2.24) is 4.90 Å². The molecule has 1 aliphatic heterocycles. The molecule has 0 aromatic heterocycles. The lowest BCUT2D eigenvalue weighted by atomic mass is 9.78. The number of rotatable bonds is 12. The molecule has 7 heteroatoms. The van der Waals surface area contributed by atoms with Crippen molar-refractivity contribution in [2.75, 3.05) is 32.9 Å². The van der Waals surface area contributed by atoms with Crippen LogP contribution in [0.2, 0.25) is 0 Å². The Morgan fingerprint density at radius 1 is 0.756 bits per heavy atom. The minimum Gasteiger partial charge on any atom is -0.444 e. The molecule has 238 valence electrons. The Bertz CT molecular complexity index is 1500. The smallest absolute Gasteiger partial charge is 0.410 e. The minimum atomic E-state index is -0.615. The number of hydrogen-bond acceptors (Lipinski definition) is 6. The van der Waals surface area contributed by atoms with E-state index in [4.69, 9.17) is 18.9 Å². The number of carbonyl (C=O) groups is 1. The standard InChI is InChI=1S/C38H45NO6/c1-38(2,3)45-37(41)39-22-34(24-40)36(35(23-39)44-27-30-15-16-31-11-7-8-12-33(31)21-30)32-17-13-29(14-18-32)26-43-20-19-42-25-28-9-5-4-6-10-28/h4-18,21,34-36,40H,19-20,22-27H2,1-3H3. The van der Waals surface area contributed by atoms with Gasteiger partial charge in [0.05, 0.1) is 45.7 Å². The van der Waals surface area contributed by atoms with Crippen LogP contribution in [0.1, 0.15) is 48.9 Å². The van der Waals surface area contributed by atoms with E-state index in [1.165, 1.54) is 5.39 Å². The molecule has 0 radical (unpaired) electrons.